The summed E-state index contributed by atoms with van der Waals surface area (Å²) < 4.78 is 6.40. The quantitative estimate of drug-likeness (QED) is 0.326. The molecule has 0 saturated carbocycles. The predicted molar refractivity (Wildman–Crippen MR) is 133 cm³/mol. The lowest BCUT2D eigenvalue weighted by molar-refractivity contribution is 0.103. The molecule has 1 heterocycles. The van der Waals surface area contributed by atoms with Crippen LogP contribution in [0.4, 0.5) is 22.7 Å². The molecule has 0 amide bonds. The highest BCUT2D eigenvalue weighted by Gasteiger charge is 2.26. The second kappa shape index (κ2) is 9.35. The van der Waals surface area contributed by atoms with Gasteiger partial charge in [0.15, 0.2) is 17.3 Å². The maximum Gasteiger partial charge on any atom is 0.195 e. The second-order valence-electron chi connectivity index (χ2n) is 7.81. The Hall–Kier alpha value is -3.47. The molecule has 4 rings (SSSR count). The zero-order chi connectivity index (χ0) is 22.7. The minimum Gasteiger partial charge on any atom is -0.453 e. The van der Waals surface area contributed by atoms with Crippen molar-refractivity contribution in [3.05, 3.63) is 71.8 Å². The number of ketones is 1. The average Bonchev–Trinajstić information content (AvgIpc) is 2.84. The number of benzene rings is 3. The van der Waals surface area contributed by atoms with Crippen LogP contribution >= 0.6 is 0 Å². The molecule has 3 aromatic rings. The molecule has 0 bridgehead atoms. The van der Waals surface area contributed by atoms with E-state index < -0.39 is 0 Å². The van der Waals surface area contributed by atoms with Gasteiger partial charge in [0.25, 0.3) is 0 Å². The van der Waals surface area contributed by atoms with Gasteiger partial charge in [-0.3, -0.25) is 4.79 Å². The summed E-state index contributed by atoms with van der Waals surface area (Å²) in [6, 6.07) is 19.6. The molecular formula is C27H31N3O2. The number of hydrogen-bond acceptors (Lipinski definition) is 5. The van der Waals surface area contributed by atoms with Gasteiger partial charge in [-0.15, -0.1) is 0 Å². The molecule has 0 aromatic heterocycles. The Bertz CT molecular complexity index is 1100. The maximum absolute atomic E-state index is 13.5. The van der Waals surface area contributed by atoms with Crippen molar-refractivity contribution in [1.29, 1.82) is 0 Å². The first-order chi connectivity index (χ1) is 15.6. The van der Waals surface area contributed by atoms with Gasteiger partial charge in [-0.2, -0.15) is 0 Å². The first kappa shape index (κ1) is 21.8. The SMILES string of the molecule is CCN(CC)c1ccc2c(c1)Oc1cc(N(CC)CC)cc(C(=O)c3ccccc3)c1N2. The summed E-state index contributed by atoms with van der Waals surface area (Å²) in [6.45, 7) is 12.1. The monoisotopic (exact) mass is 429 g/mol. The molecule has 0 atom stereocenters. The van der Waals surface area contributed by atoms with E-state index in [4.69, 9.17) is 4.74 Å². The highest BCUT2D eigenvalue weighted by atomic mass is 16.5. The van der Waals surface area contributed by atoms with Crippen molar-refractivity contribution in [3.8, 4) is 11.5 Å². The molecule has 0 unspecified atom stereocenters. The number of carbonyl (C=O) groups is 1. The highest BCUT2D eigenvalue weighted by molar-refractivity contribution is 6.14. The Morgan fingerprint density at radius 1 is 0.781 bits per heavy atom. The van der Waals surface area contributed by atoms with Gasteiger partial charge in [-0.25, -0.2) is 0 Å². The van der Waals surface area contributed by atoms with Crippen molar-refractivity contribution in [2.75, 3.05) is 41.3 Å². The lowest BCUT2D eigenvalue weighted by Gasteiger charge is -2.29. The highest BCUT2D eigenvalue weighted by Crippen LogP contribution is 2.47. The van der Waals surface area contributed by atoms with Crippen molar-refractivity contribution in [2.45, 2.75) is 27.7 Å². The van der Waals surface area contributed by atoms with Crippen LogP contribution in [-0.2, 0) is 0 Å². The number of nitrogens with one attached hydrogen (secondary N) is 1. The van der Waals surface area contributed by atoms with Crippen LogP contribution in [0.15, 0.2) is 60.7 Å². The standard InChI is InChI=1S/C27H31N3O2/c1-5-29(6-2)20-14-15-23-24(17-20)32-25-18-21(30(7-3)8-4)16-22(26(25)28-23)27(31)19-12-10-9-11-13-19/h9-18,28H,5-8H2,1-4H3. The minimum atomic E-state index is -0.0184. The number of carbonyl (C=O) groups excluding carboxylic acids is 1. The summed E-state index contributed by atoms with van der Waals surface area (Å²) in [5.41, 5.74) is 4.98. The molecule has 1 aliphatic rings. The fourth-order valence-corrected chi connectivity index (χ4v) is 4.24. The summed E-state index contributed by atoms with van der Waals surface area (Å²) in [7, 11) is 0. The molecule has 5 heteroatoms. The minimum absolute atomic E-state index is 0.0184. The van der Waals surface area contributed by atoms with E-state index in [-0.39, 0.29) is 5.78 Å². The van der Waals surface area contributed by atoms with E-state index in [0.717, 1.165) is 54.7 Å². The number of hydrogen-bond donors (Lipinski definition) is 1. The van der Waals surface area contributed by atoms with E-state index in [1.54, 1.807) is 0 Å². The van der Waals surface area contributed by atoms with Crippen molar-refractivity contribution in [2.24, 2.45) is 0 Å². The van der Waals surface area contributed by atoms with E-state index in [1.165, 1.54) is 0 Å². The molecular weight excluding hydrogens is 398 g/mol. The van der Waals surface area contributed by atoms with E-state index >= 15 is 0 Å². The Balaban J connectivity index is 1.81. The first-order valence-corrected chi connectivity index (χ1v) is 11.5. The Kier molecular flexibility index (Phi) is 6.35. The number of fused-ring (bicyclic) bond motifs is 2. The summed E-state index contributed by atoms with van der Waals surface area (Å²) in [4.78, 5) is 18.0. The molecule has 0 fully saturated rings. The summed E-state index contributed by atoms with van der Waals surface area (Å²) in [6.07, 6.45) is 0. The van der Waals surface area contributed by atoms with Gasteiger partial charge >= 0.3 is 0 Å². The van der Waals surface area contributed by atoms with Gasteiger partial charge in [-0.1, -0.05) is 30.3 Å². The molecule has 166 valence electrons. The molecule has 0 saturated heterocycles. The molecule has 3 aromatic carbocycles. The van der Waals surface area contributed by atoms with Crippen LogP contribution in [0.2, 0.25) is 0 Å². The molecule has 0 spiro atoms. The lowest BCUT2D eigenvalue weighted by Crippen LogP contribution is -2.23. The van der Waals surface area contributed by atoms with Crippen LogP contribution in [-0.4, -0.2) is 32.0 Å². The van der Waals surface area contributed by atoms with Crippen LogP contribution < -0.4 is 19.9 Å². The molecule has 0 radical (unpaired) electrons. The number of anilines is 4. The third-order valence-corrected chi connectivity index (χ3v) is 6.07. The van der Waals surface area contributed by atoms with E-state index in [0.29, 0.717) is 16.9 Å². The zero-order valence-electron chi connectivity index (χ0n) is 19.3. The van der Waals surface area contributed by atoms with E-state index in [9.17, 15) is 4.79 Å². The Morgan fingerprint density at radius 2 is 1.41 bits per heavy atom. The van der Waals surface area contributed by atoms with Crippen molar-refractivity contribution >= 4 is 28.5 Å². The zero-order valence-corrected chi connectivity index (χ0v) is 19.3. The molecule has 1 aliphatic heterocycles. The number of ether oxygens (including phenoxy) is 1. The van der Waals surface area contributed by atoms with Gasteiger partial charge in [0.2, 0.25) is 0 Å². The third-order valence-electron chi connectivity index (χ3n) is 6.07. The van der Waals surface area contributed by atoms with Gasteiger partial charge < -0.3 is 19.9 Å². The molecule has 5 nitrogen and oxygen atoms in total. The van der Waals surface area contributed by atoms with Crippen molar-refractivity contribution in [1.82, 2.24) is 0 Å². The van der Waals surface area contributed by atoms with E-state index in [2.05, 4.69) is 54.9 Å². The van der Waals surface area contributed by atoms with E-state index in [1.807, 2.05) is 48.5 Å². The fourth-order valence-electron chi connectivity index (χ4n) is 4.24. The van der Waals surface area contributed by atoms with Crippen LogP contribution in [0.3, 0.4) is 0 Å². The first-order valence-electron chi connectivity index (χ1n) is 11.5. The summed E-state index contributed by atoms with van der Waals surface area (Å²) in [5, 5.41) is 3.48. The predicted octanol–water partition coefficient (Wildman–Crippen LogP) is 6.46. The lowest BCUT2D eigenvalue weighted by atomic mass is 9.99. The molecule has 1 N–H and O–H groups in total. The van der Waals surface area contributed by atoms with Crippen LogP contribution in [0.5, 0.6) is 11.5 Å². The Morgan fingerprint density at radius 3 is 2.06 bits per heavy atom. The van der Waals surface area contributed by atoms with Crippen molar-refractivity contribution in [3.63, 3.8) is 0 Å². The summed E-state index contributed by atoms with van der Waals surface area (Å²) >= 11 is 0. The normalized spacial score (nSPS) is 11.6. The number of nitrogens with zero attached hydrogens (tertiary/aromatic N) is 2. The topological polar surface area (TPSA) is 44.8 Å². The maximum atomic E-state index is 13.5. The average molecular weight is 430 g/mol. The van der Waals surface area contributed by atoms with Gasteiger partial charge in [0, 0.05) is 55.2 Å². The summed E-state index contributed by atoms with van der Waals surface area (Å²) in [5.74, 6) is 1.43. The molecule has 32 heavy (non-hydrogen) atoms. The second-order valence-corrected chi connectivity index (χ2v) is 7.81. The Labute approximate surface area is 190 Å². The number of rotatable bonds is 8. The van der Waals surface area contributed by atoms with Crippen molar-refractivity contribution < 1.29 is 9.53 Å². The fraction of sp³-hybridized carbons (Fsp3) is 0.296. The largest absolute Gasteiger partial charge is 0.453 e. The van der Waals surface area contributed by atoms with Gasteiger partial charge in [0.1, 0.15) is 0 Å². The van der Waals surface area contributed by atoms with Gasteiger partial charge in [-0.05, 0) is 45.9 Å². The third kappa shape index (κ3) is 4.03. The van der Waals surface area contributed by atoms with Crippen LogP contribution in [0, 0.1) is 0 Å². The molecule has 0 aliphatic carbocycles. The van der Waals surface area contributed by atoms with Gasteiger partial charge in [0.05, 0.1) is 16.9 Å². The van der Waals surface area contributed by atoms with Crippen LogP contribution in [0.25, 0.3) is 0 Å². The smallest absolute Gasteiger partial charge is 0.195 e. The van der Waals surface area contributed by atoms with Crippen LogP contribution in [0.1, 0.15) is 43.6 Å².